The lowest BCUT2D eigenvalue weighted by molar-refractivity contribution is 0.287. The van der Waals surface area contributed by atoms with Crippen LogP contribution in [0.5, 0.6) is 17.2 Å². The first-order valence-corrected chi connectivity index (χ1v) is 11.3. The topological polar surface area (TPSA) is 64.4 Å². The van der Waals surface area contributed by atoms with E-state index in [0.717, 1.165) is 45.2 Å². The van der Waals surface area contributed by atoms with Crippen molar-refractivity contribution in [3.63, 3.8) is 0 Å². The Morgan fingerprint density at radius 2 is 1.42 bits per heavy atom. The molecule has 3 aromatic rings. The SMILES string of the molecule is CCOc1ccc(C2=Nc3ccc(C)cc3C(c3ccc(OCC)c(OCC)c3)=NN2)cc1. The highest BCUT2D eigenvalue weighted by molar-refractivity contribution is 6.18. The van der Waals surface area contributed by atoms with Gasteiger partial charge < -0.3 is 14.2 Å². The van der Waals surface area contributed by atoms with Crippen LogP contribution in [0.1, 0.15) is 43.0 Å². The number of fused-ring (bicyclic) bond motifs is 1. The van der Waals surface area contributed by atoms with Crippen molar-refractivity contribution < 1.29 is 14.2 Å². The predicted molar refractivity (Wildman–Crippen MR) is 133 cm³/mol. The number of aryl methyl sites for hydroxylation is 1. The van der Waals surface area contributed by atoms with Crippen LogP contribution in [-0.2, 0) is 0 Å². The summed E-state index contributed by atoms with van der Waals surface area (Å²) < 4.78 is 17.1. The second kappa shape index (κ2) is 10.2. The lowest BCUT2D eigenvalue weighted by Gasteiger charge is -2.14. The third-order valence-corrected chi connectivity index (χ3v) is 5.17. The summed E-state index contributed by atoms with van der Waals surface area (Å²) in [6, 6.07) is 19.9. The quantitative estimate of drug-likeness (QED) is 0.490. The minimum Gasteiger partial charge on any atom is -0.494 e. The van der Waals surface area contributed by atoms with Crippen molar-refractivity contribution >= 4 is 17.2 Å². The molecule has 0 radical (unpaired) electrons. The molecular weight excluding hydrogens is 414 g/mol. The fourth-order valence-corrected chi connectivity index (χ4v) is 3.67. The van der Waals surface area contributed by atoms with Gasteiger partial charge in [-0.05, 0) is 82.3 Å². The Bertz CT molecular complexity index is 1180. The summed E-state index contributed by atoms with van der Waals surface area (Å²) in [5, 5.41) is 4.78. The molecule has 4 rings (SSSR count). The van der Waals surface area contributed by atoms with Crippen LogP contribution in [0.4, 0.5) is 5.69 Å². The Morgan fingerprint density at radius 3 is 2.15 bits per heavy atom. The van der Waals surface area contributed by atoms with Gasteiger partial charge in [0.15, 0.2) is 17.3 Å². The van der Waals surface area contributed by atoms with E-state index >= 15 is 0 Å². The molecule has 0 fully saturated rings. The van der Waals surface area contributed by atoms with E-state index in [1.54, 1.807) is 0 Å². The van der Waals surface area contributed by atoms with Gasteiger partial charge in [-0.1, -0.05) is 11.6 Å². The molecule has 0 unspecified atom stereocenters. The van der Waals surface area contributed by atoms with Crippen molar-refractivity contribution in [2.24, 2.45) is 10.1 Å². The van der Waals surface area contributed by atoms with Gasteiger partial charge in [-0.25, -0.2) is 4.99 Å². The summed E-state index contributed by atoms with van der Waals surface area (Å²) >= 11 is 0. The average molecular weight is 444 g/mol. The highest BCUT2D eigenvalue weighted by Crippen LogP contribution is 2.32. The highest BCUT2D eigenvalue weighted by Gasteiger charge is 2.19. The number of hydrogen-bond acceptors (Lipinski definition) is 6. The maximum Gasteiger partial charge on any atom is 0.161 e. The van der Waals surface area contributed by atoms with Crippen LogP contribution in [0.2, 0.25) is 0 Å². The second-order valence-corrected chi connectivity index (χ2v) is 7.54. The summed E-state index contributed by atoms with van der Waals surface area (Å²) in [6.07, 6.45) is 0. The van der Waals surface area contributed by atoms with Gasteiger partial charge in [0.1, 0.15) is 11.5 Å². The van der Waals surface area contributed by atoms with Gasteiger partial charge in [-0.2, -0.15) is 5.10 Å². The number of hydrazone groups is 1. The minimum absolute atomic E-state index is 0.551. The average Bonchev–Trinajstić information content (AvgIpc) is 3.01. The van der Waals surface area contributed by atoms with E-state index < -0.39 is 0 Å². The first kappa shape index (κ1) is 22.4. The minimum atomic E-state index is 0.551. The van der Waals surface area contributed by atoms with E-state index in [-0.39, 0.29) is 0 Å². The Morgan fingerprint density at radius 1 is 0.727 bits per heavy atom. The molecule has 0 aliphatic carbocycles. The zero-order chi connectivity index (χ0) is 23.2. The van der Waals surface area contributed by atoms with E-state index in [9.17, 15) is 0 Å². The Hall–Kier alpha value is -3.80. The van der Waals surface area contributed by atoms with Gasteiger partial charge in [0.25, 0.3) is 0 Å². The van der Waals surface area contributed by atoms with Crippen LogP contribution in [0.25, 0.3) is 0 Å². The number of nitrogens with one attached hydrogen (secondary N) is 1. The van der Waals surface area contributed by atoms with Crippen LogP contribution < -0.4 is 19.6 Å². The molecule has 0 bridgehead atoms. The molecule has 0 aromatic heterocycles. The van der Waals surface area contributed by atoms with Crippen LogP contribution in [0, 0.1) is 6.92 Å². The normalized spacial score (nSPS) is 12.6. The maximum atomic E-state index is 5.84. The number of hydrogen-bond donors (Lipinski definition) is 1. The summed E-state index contributed by atoms with van der Waals surface area (Å²) in [4.78, 5) is 4.90. The Kier molecular flexibility index (Phi) is 6.93. The smallest absolute Gasteiger partial charge is 0.161 e. The van der Waals surface area contributed by atoms with Gasteiger partial charge >= 0.3 is 0 Å². The van der Waals surface area contributed by atoms with Crippen LogP contribution in [0.3, 0.4) is 0 Å². The maximum absolute atomic E-state index is 5.84. The molecule has 33 heavy (non-hydrogen) atoms. The van der Waals surface area contributed by atoms with Gasteiger partial charge in [-0.15, -0.1) is 0 Å². The molecule has 1 aliphatic heterocycles. The Labute approximate surface area is 194 Å². The van der Waals surface area contributed by atoms with Gasteiger partial charge in [0.05, 0.1) is 25.5 Å². The number of aliphatic imine (C=N–C) groups is 1. The molecule has 0 amide bonds. The summed E-state index contributed by atoms with van der Waals surface area (Å²) in [5.74, 6) is 2.93. The van der Waals surface area contributed by atoms with Gasteiger partial charge in [-0.3, -0.25) is 5.43 Å². The van der Waals surface area contributed by atoms with Crippen molar-refractivity contribution in [1.29, 1.82) is 0 Å². The number of nitrogens with zero attached hydrogens (tertiary/aromatic N) is 2. The Balaban J connectivity index is 1.77. The van der Waals surface area contributed by atoms with E-state index in [1.165, 1.54) is 0 Å². The van der Waals surface area contributed by atoms with Crippen LogP contribution in [0.15, 0.2) is 70.8 Å². The first-order valence-electron chi connectivity index (χ1n) is 11.3. The van der Waals surface area contributed by atoms with Crippen LogP contribution >= 0.6 is 0 Å². The summed E-state index contributed by atoms with van der Waals surface area (Å²) in [7, 11) is 0. The standard InChI is InChI=1S/C27H29N3O3/c1-5-31-21-12-9-19(10-13-21)27-28-23-14-8-18(4)16-22(23)26(29-30-27)20-11-15-24(32-6-2)25(17-20)33-7-3/h8-17H,5-7H2,1-4H3,(H,28,30). The molecule has 6 nitrogen and oxygen atoms in total. The van der Waals surface area contributed by atoms with Crippen LogP contribution in [-0.4, -0.2) is 31.4 Å². The van der Waals surface area contributed by atoms with E-state index in [0.29, 0.717) is 31.4 Å². The molecule has 0 saturated carbocycles. The molecule has 3 aromatic carbocycles. The third kappa shape index (κ3) is 5.00. The zero-order valence-corrected chi connectivity index (χ0v) is 19.5. The van der Waals surface area contributed by atoms with E-state index in [1.807, 2.05) is 69.3 Å². The zero-order valence-electron chi connectivity index (χ0n) is 19.5. The third-order valence-electron chi connectivity index (χ3n) is 5.17. The highest BCUT2D eigenvalue weighted by atomic mass is 16.5. The summed E-state index contributed by atoms with van der Waals surface area (Å²) in [6.45, 7) is 9.71. The summed E-state index contributed by atoms with van der Waals surface area (Å²) in [5.41, 5.74) is 8.76. The van der Waals surface area contributed by atoms with Crippen molar-refractivity contribution in [3.05, 3.63) is 82.9 Å². The van der Waals surface area contributed by atoms with Crippen molar-refractivity contribution in [2.75, 3.05) is 19.8 Å². The molecule has 1 aliphatic rings. The molecular formula is C27H29N3O3. The van der Waals surface area contributed by atoms with Crippen molar-refractivity contribution in [2.45, 2.75) is 27.7 Å². The first-order chi connectivity index (χ1) is 16.1. The predicted octanol–water partition coefficient (Wildman–Crippen LogP) is 5.63. The lowest BCUT2D eigenvalue weighted by atomic mass is 9.98. The number of amidine groups is 1. The number of benzene rings is 3. The van der Waals surface area contributed by atoms with Crippen molar-refractivity contribution in [1.82, 2.24) is 5.43 Å². The molecule has 0 spiro atoms. The fourth-order valence-electron chi connectivity index (χ4n) is 3.67. The van der Waals surface area contributed by atoms with Gasteiger partial charge in [0.2, 0.25) is 0 Å². The molecule has 0 atom stereocenters. The van der Waals surface area contributed by atoms with E-state index in [2.05, 4.69) is 24.5 Å². The van der Waals surface area contributed by atoms with Crippen molar-refractivity contribution in [3.8, 4) is 17.2 Å². The molecule has 1 N–H and O–H groups in total. The molecule has 6 heteroatoms. The molecule has 1 heterocycles. The molecule has 170 valence electrons. The largest absolute Gasteiger partial charge is 0.494 e. The lowest BCUT2D eigenvalue weighted by Crippen LogP contribution is -2.19. The number of ether oxygens (including phenoxy) is 3. The monoisotopic (exact) mass is 443 g/mol. The molecule has 0 saturated heterocycles. The fraction of sp³-hybridized carbons (Fsp3) is 0.259. The van der Waals surface area contributed by atoms with Gasteiger partial charge in [0, 0.05) is 16.7 Å². The van der Waals surface area contributed by atoms with E-state index in [4.69, 9.17) is 24.3 Å². The second-order valence-electron chi connectivity index (χ2n) is 7.54. The number of rotatable bonds is 8.